The normalized spacial score (nSPS) is 11.2. The number of aromatic nitrogens is 3. The third-order valence-electron chi connectivity index (χ3n) is 2.72. The van der Waals surface area contributed by atoms with Crippen LogP contribution in [0.5, 0.6) is 0 Å². The molecule has 1 aromatic carbocycles. The van der Waals surface area contributed by atoms with E-state index in [1.807, 2.05) is 4.57 Å². The molecular formula is C13H17FN4S. The van der Waals surface area contributed by atoms with Gasteiger partial charge in [0.1, 0.15) is 11.6 Å². The van der Waals surface area contributed by atoms with Gasteiger partial charge in [-0.2, -0.15) is 0 Å². The molecule has 102 valence electrons. The van der Waals surface area contributed by atoms with E-state index >= 15 is 0 Å². The molecule has 0 saturated carbocycles. The second-order valence-electron chi connectivity index (χ2n) is 4.48. The summed E-state index contributed by atoms with van der Waals surface area (Å²) in [5.74, 6) is 1.30. The molecule has 0 unspecified atom stereocenters. The molecule has 0 radical (unpaired) electrons. The predicted octanol–water partition coefficient (Wildman–Crippen LogP) is 2.75. The SMILES string of the molecule is CC(C)n1c(CN)nnc1SCc1ccc(F)cc1. The molecule has 1 heterocycles. The third-order valence-corrected chi connectivity index (χ3v) is 3.73. The highest BCUT2D eigenvalue weighted by Crippen LogP contribution is 2.24. The second-order valence-corrected chi connectivity index (χ2v) is 5.42. The highest BCUT2D eigenvalue weighted by atomic mass is 32.2. The molecule has 0 bridgehead atoms. The van der Waals surface area contributed by atoms with Crippen LogP contribution in [0, 0.1) is 5.82 Å². The molecule has 2 aromatic rings. The molecule has 0 aliphatic carbocycles. The Kier molecular flexibility index (Phi) is 4.55. The zero-order valence-electron chi connectivity index (χ0n) is 11.0. The van der Waals surface area contributed by atoms with Crippen molar-refractivity contribution in [3.05, 3.63) is 41.5 Å². The van der Waals surface area contributed by atoms with E-state index in [0.717, 1.165) is 22.3 Å². The van der Waals surface area contributed by atoms with E-state index in [9.17, 15) is 4.39 Å². The van der Waals surface area contributed by atoms with Crippen LogP contribution in [0.3, 0.4) is 0 Å². The van der Waals surface area contributed by atoms with E-state index in [4.69, 9.17) is 5.73 Å². The molecule has 0 saturated heterocycles. The van der Waals surface area contributed by atoms with Gasteiger partial charge in [-0.25, -0.2) is 4.39 Å². The Balaban J connectivity index is 2.11. The van der Waals surface area contributed by atoms with Crippen LogP contribution in [0.2, 0.25) is 0 Å². The average Bonchev–Trinajstić information content (AvgIpc) is 2.81. The summed E-state index contributed by atoms with van der Waals surface area (Å²) in [6, 6.07) is 6.76. The lowest BCUT2D eigenvalue weighted by Gasteiger charge is -2.12. The van der Waals surface area contributed by atoms with Gasteiger partial charge in [0.25, 0.3) is 0 Å². The first-order valence-corrected chi connectivity index (χ1v) is 7.11. The largest absolute Gasteiger partial charge is 0.324 e. The number of benzene rings is 1. The number of halogens is 1. The van der Waals surface area contributed by atoms with Crippen molar-refractivity contribution >= 4 is 11.8 Å². The first kappa shape index (κ1) is 14.0. The second kappa shape index (κ2) is 6.16. The summed E-state index contributed by atoms with van der Waals surface area (Å²) < 4.78 is 14.9. The van der Waals surface area contributed by atoms with Gasteiger partial charge in [-0.15, -0.1) is 10.2 Å². The zero-order valence-corrected chi connectivity index (χ0v) is 11.8. The number of rotatable bonds is 5. The molecule has 0 aliphatic heterocycles. The van der Waals surface area contributed by atoms with Crippen LogP contribution in [0.1, 0.15) is 31.3 Å². The fourth-order valence-corrected chi connectivity index (χ4v) is 2.83. The highest BCUT2D eigenvalue weighted by Gasteiger charge is 2.13. The number of nitrogens with two attached hydrogens (primary N) is 1. The quantitative estimate of drug-likeness (QED) is 0.856. The van der Waals surface area contributed by atoms with Gasteiger partial charge in [0.05, 0.1) is 6.54 Å². The van der Waals surface area contributed by atoms with E-state index < -0.39 is 0 Å². The molecule has 0 amide bonds. The lowest BCUT2D eigenvalue weighted by molar-refractivity contribution is 0.526. The van der Waals surface area contributed by atoms with Gasteiger partial charge in [-0.1, -0.05) is 23.9 Å². The first-order valence-electron chi connectivity index (χ1n) is 6.13. The Hall–Kier alpha value is -1.40. The first-order chi connectivity index (χ1) is 9.11. The smallest absolute Gasteiger partial charge is 0.191 e. The summed E-state index contributed by atoms with van der Waals surface area (Å²) in [7, 11) is 0. The van der Waals surface area contributed by atoms with Crippen molar-refractivity contribution in [3.63, 3.8) is 0 Å². The Morgan fingerprint density at radius 1 is 1.26 bits per heavy atom. The lowest BCUT2D eigenvalue weighted by Crippen LogP contribution is -2.11. The fourth-order valence-electron chi connectivity index (χ4n) is 1.79. The maximum atomic E-state index is 12.8. The number of thioether (sulfide) groups is 1. The van der Waals surface area contributed by atoms with E-state index in [-0.39, 0.29) is 11.9 Å². The number of hydrogen-bond donors (Lipinski definition) is 1. The molecule has 0 fully saturated rings. The Labute approximate surface area is 116 Å². The summed E-state index contributed by atoms with van der Waals surface area (Å²) >= 11 is 1.58. The average molecular weight is 280 g/mol. The molecule has 1 aromatic heterocycles. The van der Waals surface area contributed by atoms with E-state index in [2.05, 4.69) is 24.0 Å². The van der Waals surface area contributed by atoms with Gasteiger partial charge >= 0.3 is 0 Å². The van der Waals surface area contributed by atoms with Crippen LogP contribution in [-0.4, -0.2) is 14.8 Å². The third kappa shape index (κ3) is 3.33. The van der Waals surface area contributed by atoms with Crippen molar-refractivity contribution in [2.24, 2.45) is 5.73 Å². The topological polar surface area (TPSA) is 56.7 Å². The van der Waals surface area contributed by atoms with Crippen LogP contribution in [0.4, 0.5) is 4.39 Å². The molecule has 0 spiro atoms. The molecule has 4 nitrogen and oxygen atoms in total. The molecular weight excluding hydrogens is 263 g/mol. The van der Waals surface area contributed by atoms with Crippen LogP contribution in [0.15, 0.2) is 29.4 Å². The van der Waals surface area contributed by atoms with Gasteiger partial charge in [-0.05, 0) is 31.5 Å². The Morgan fingerprint density at radius 3 is 2.53 bits per heavy atom. The maximum absolute atomic E-state index is 12.8. The Morgan fingerprint density at radius 2 is 1.95 bits per heavy atom. The van der Waals surface area contributed by atoms with Crippen molar-refractivity contribution in [2.75, 3.05) is 0 Å². The summed E-state index contributed by atoms with van der Waals surface area (Å²) in [6.07, 6.45) is 0. The van der Waals surface area contributed by atoms with E-state index in [1.54, 1.807) is 23.9 Å². The van der Waals surface area contributed by atoms with Crippen molar-refractivity contribution in [1.29, 1.82) is 0 Å². The maximum Gasteiger partial charge on any atom is 0.191 e. The van der Waals surface area contributed by atoms with Crippen LogP contribution in [0.25, 0.3) is 0 Å². The monoisotopic (exact) mass is 280 g/mol. The lowest BCUT2D eigenvalue weighted by atomic mass is 10.2. The predicted molar refractivity (Wildman–Crippen MR) is 74.3 cm³/mol. The number of hydrogen-bond acceptors (Lipinski definition) is 4. The van der Waals surface area contributed by atoms with Crippen molar-refractivity contribution in [3.8, 4) is 0 Å². The summed E-state index contributed by atoms with van der Waals surface area (Å²) in [4.78, 5) is 0. The molecule has 6 heteroatoms. The molecule has 0 atom stereocenters. The number of nitrogens with zero attached hydrogens (tertiary/aromatic N) is 3. The standard InChI is InChI=1S/C13H17FN4S/c1-9(2)18-12(7-15)16-17-13(18)19-8-10-3-5-11(14)6-4-10/h3-6,9H,7-8,15H2,1-2H3. The zero-order chi connectivity index (χ0) is 13.8. The van der Waals surface area contributed by atoms with Gasteiger partial charge in [0.15, 0.2) is 5.16 Å². The van der Waals surface area contributed by atoms with Crippen LogP contribution >= 0.6 is 11.8 Å². The van der Waals surface area contributed by atoms with Crippen molar-refractivity contribution < 1.29 is 4.39 Å². The minimum atomic E-state index is -0.218. The highest BCUT2D eigenvalue weighted by molar-refractivity contribution is 7.98. The van der Waals surface area contributed by atoms with Crippen molar-refractivity contribution in [2.45, 2.75) is 37.3 Å². The van der Waals surface area contributed by atoms with Gasteiger partial charge in [0, 0.05) is 11.8 Å². The molecule has 2 N–H and O–H groups in total. The van der Waals surface area contributed by atoms with E-state index in [0.29, 0.717) is 6.54 Å². The minimum absolute atomic E-state index is 0.218. The fraction of sp³-hybridized carbons (Fsp3) is 0.385. The van der Waals surface area contributed by atoms with Crippen LogP contribution < -0.4 is 5.73 Å². The molecule has 2 rings (SSSR count). The van der Waals surface area contributed by atoms with Gasteiger partial charge in [-0.3, -0.25) is 0 Å². The van der Waals surface area contributed by atoms with Gasteiger partial charge in [0.2, 0.25) is 0 Å². The van der Waals surface area contributed by atoms with Gasteiger partial charge < -0.3 is 10.3 Å². The summed E-state index contributed by atoms with van der Waals surface area (Å²) in [6.45, 7) is 4.53. The van der Waals surface area contributed by atoms with E-state index in [1.165, 1.54) is 12.1 Å². The summed E-state index contributed by atoms with van der Waals surface area (Å²) in [5, 5.41) is 9.10. The molecule has 0 aliphatic rings. The minimum Gasteiger partial charge on any atom is -0.324 e. The van der Waals surface area contributed by atoms with Crippen LogP contribution in [-0.2, 0) is 12.3 Å². The molecule has 19 heavy (non-hydrogen) atoms. The van der Waals surface area contributed by atoms with Crippen molar-refractivity contribution in [1.82, 2.24) is 14.8 Å². The summed E-state index contributed by atoms with van der Waals surface area (Å²) in [5.41, 5.74) is 6.71. The Bertz CT molecular complexity index is 536.